The number of hydrogen-bond acceptors (Lipinski definition) is 3. The Kier molecular flexibility index (Phi) is 3.19. The van der Waals surface area contributed by atoms with Crippen LogP contribution in [0.4, 0.5) is 0 Å². The van der Waals surface area contributed by atoms with E-state index >= 15 is 0 Å². The third-order valence-electron chi connectivity index (χ3n) is 3.27. The molecule has 2 rings (SSSR count). The van der Waals surface area contributed by atoms with Gasteiger partial charge in [0.1, 0.15) is 0 Å². The van der Waals surface area contributed by atoms with Crippen LogP contribution in [0.15, 0.2) is 17.5 Å². The molecule has 1 aliphatic rings. The van der Waals surface area contributed by atoms with Gasteiger partial charge < -0.3 is 10.2 Å². The Morgan fingerprint density at radius 1 is 1.53 bits per heavy atom. The molecule has 1 fully saturated rings. The van der Waals surface area contributed by atoms with E-state index in [-0.39, 0.29) is 11.8 Å². The van der Waals surface area contributed by atoms with Crippen molar-refractivity contribution < 1.29 is 9.59 Å². The Hall–Kier alpha value is -1.36. The molecule has 1 aromatic rings. The summed E-state index contributed by atoms with van der Waals surface area (Å²) >= 11 is 1.44. The molecule has 17 heavy (non-hydrogen) atoms. The lowest BCUT2D eigenvalue weighted by molar-refractivity contribution is -0.128. The number of nitrogens with zero attached hydrogens (tertiary/aromatic N) is 1. The van der Waals surface area contributed by atoms with Gasteiger partial charge in [0.25, 0.3) is 5.91 Å². The van der Waals surface area contributed by atoms with Crippen molar-refractivity contribution in [2.24, 2.45) is 5.41 Å². The molecule has 1 N–H and O–H groups in total. The summed E-state index contributed by atoms with van der Waals surface area (Å²) in [5.41, 5.74) is -0.443. The number of likely N-dealkylation sites (tertiary alicyclic amines) is 1. The maximum absolute atomic E-state index is 12.1. The SMILES string of the molecule is CNC(=O)C1(C)CCN(C(=O)c2cccs2)C1. The summed E-state index contributed by atoms with van der Waals surface area (Å²) in [6.07, 6.45) is 0.726. The molecule has 0 bridgehead atoms. The standard InChI is InChI=1S/C12H16N2O2S/c1-12(11(16)13-2)5-6-14(8-12)10(15)9-4-3-7-17-9/h3-4,7H,5-6,8H2,1-2H3,(H,13,16). The third-order valence-corrected chi connectivity index (χ3v) is 4.13. The van der Waals surface area contributed by atoms with Crippen LogP contribution in [-0.4, -0.2) is 36.9 Å². The molecule has 4 nitrogen and oxygen atoms in total. The summed E-state index contributed by atoms with van der Waals surface area (Å²) in [7, 11) is 1.64. The van der Waals surface area contributed by atoms with Gasteiger partial charge >= 0.3 is 0 Å². The van der Waals surface area contributed by atoms with Crippen molar-refractivity contribution in [1.82, 2.24) is 10.2 Å². The lowest BCUT2D eigenvalue weighted by atomic mass is 9.89. The Morgan fingerprint density at radius 3 is 2.88 bits per heavy atom. The lowest BCUT2D eigenvalue weighted by Crippen LogP contribution is -2.40. The van der Waals surface area contributed by atoms with E-state index in [4.69, 9.17) is 0 Å². The van der Waals surface area contributed by atoms with E-state index in [1.807, 2.05) is 24.4 Å². The smallest absolute Gasteiger partial charge is 0.263 e. The number of carbonyl (C=O) groups is 2. The van der Waals surface area contributed by atoms with Gasteiger partial charge in [0, 0.05) is 20.1 Å². The van der Waals surface area contributed by atoms with Crippen LogP contribution in [-0.2, 0) is 4.79 Å². The van der Waals surface area contributed by atoms with Crippen LogP contribution < -0.4 is 5.32 Å². The molecule has 0 saturated carbocycles. The van der Waals surface area contributed by atoms with Crippen molar-refractivity contribution in [2.45, 2.75) is 13.3 Å². The summed E-state index contributed by atoms with van der Waals surface area (Å²) < 4.78 is 0. The predicted octanol–water partition coefficient (Wildman–Crippen LogP) is 1.35. The van der Waals surface area contributed by atoms with E-state index in [1.165, 1.54) is 11.3 Å². The van der Waals surface area contributed by atoms with Gasteiger partial charge in [-0.15, -0.1) is 11.3 Å². The summed E-state index contributed by atoms with van der Waals surface area (Å²) in [6.45, 7) is 3.07. The Morgan fingerprint density at radius 2 is 2.29 bits per heavy atom. The van der Waals surface area contributed by atoms with Gasteiger partial charge in [0.2, 0.25) is 5.91 Å². The van der Waals surface area contributed by atoms with E-state index in [0.29, 0.717) is 13.1 Å². The van der Waals surface area contributed by atoms with E-state index in [2.05, 4.69) is 5.32 Å². The Balaban J connectivity index is 2.08. The summed E-state index contributed by atoms with van der Waals surface area (Å²) in [4.78, 5) is 26.4. The second kappa shape index (κ2) is 4.49. The minimum atomic E-state index is -0.443. The summed E-state index contributed by atoms with van der Waals surface area (Å²) in [6, 6.07) is 3.69. The highest BCUT2D eigenvalue weighted by atomic mass is 32.1. The fourth-order valence-corrected chi connectivity index (χ4v) is 2.87. The molecule has 92 valence electrons. The molecule has 0 aromatic carbocycles. The van der Waals surface area contributed by atoms with Crippen molar-refractivity contribution >= 4 is 23.2 Å². The van der Waals surface area contributed by atoms with E-state index in [0.717, 1.165) is 11.3 Å². The van der Waals surface area contributed by atoms with E-state index in [9.17, 15) is 9.59 Å². The van der Waals surface area contributed by atoms with Gasteiger partial charge in [-0.25, -0.2) is 0 Å². The summed E-state index contributed by atoms with van der Waals surface area (Å²) in [5.74, 6) is 0.0478. The highest BCUT2D eigenvalue weighted by molar-refractivity contribution is 7.12. The maximum Gasteiger partial charge on any atom is 0.263 e. The highest BCUT2D eigenvalue weighted by Crippen LogP contribution is 2.31. The molecular weight excluding hydrogens is 236 g/mol. The normalized spacial score (nSPS) is 23.8. The second-order valence-corrected chi connectivity index (χ2v) is 5.54. The van der Waals surface area contributed by atoms with Gasteiger partial charge in [0.05, 0.1) is 10.3 Å². The van der Waals surface area contributed by atoms with Gasteiger partial charge in [-0.3, -0.25) is 9.59 Å². The summed E-state index contributed by atoms with van der Waals surface area (Å²) in [5, 5.41) is 4.56. The minimum Gasteiger partial charge on any atom is -0.359 e. The van der Waals surface area contributed by atoms with E-state index in [1.54, 1.807) is 11.9 Å². The fourth-order valence-electron chi connectivity index (χ4n) is 2.18. The predicted molar refractivity (Wildman–Crippen MR) is 67.0 cm³/mol. The number of hydrogen-bond donors (Lipinski definition) is 1. The molecule has 2 amide bonds. The van der Waals surface area contributed by atoms with Crippen LogP contribution >= 0.6 is 11.3 Å². The van der Waals surface area contributed by atoms with Crippen molar-refractivity contribution in [3.05, 3.63) is 22.4 Å². The van der Waals surface area contributed by atoms with Crippen molar-refractivity contribution in [3.63, 3.8) is 0 Å². The minimum absolute atomic E-state index is 0.0129. The third kappa shape index (κ3) is 2.20. The molecule has 1 saturated heterocycles. The van der Waals surface area contributed by atoms with Crippen LogP contribution in [0.1, 0.15) is 23.0 Å². The number of rotatable bonds is 2. The van der Waals surface area contributed by atoms with Crippen molar-refractivity contribution in [2.75, 3.05) is 20.1 Å². The van der Waals surface area contributed by atoms with Gasteiger partial charge in [-0.05, 0) is 24.8 Å². The second-order valence-electron chi connectivity index (χ2n) is 4.59. The molecule has 2 heterocycles. The monoisotopic (exact) mass is 252 g/mol. The van der Waals surface area contributed by atoms with Crippen molar-refractivity contribution in [1.29, 1.82) is 0 Å². The molecule has 1 aliphatic heterocycles. The topological polar surface area (TPSA) is 49.4 Å². The number of carbonyl (C=O) groups excluding carboxylic acids is 2. The van der Waals surface area contributed by atoms with Crippen LogP contribution in [0.25, 0.3) is 0 Å². The van der Waals surface area contributed by atoms with Gasteiger partial charge in [0.15, 0.2) is 0 Å². The molecule has 1 unspecified atom stereocenters. The number of amides is 2. The zero-order valence-corrected chi connectivity index (χ0v) is 10.8. The van der Waals surface area contributed by atoms with Gasteiger partial charge in [-0.1, -0.05) is 6.07 Å². The fraction of sp³-hybridized carbons (Fsp3) is 0.500. The quantitative estimate of drug-likeness (QED) is 0.863. The van der Waals surface area contributed by atoms with Crippen molar-refractivity contribution in [3.8, 4) is 0 Å². The highest BCUT2D eigenvalue weighted by Gasteiger charge is 2.41. The molecule has 0 aliphatic carbocycles. The number of nitrogens with one attached hydrogen (secondary N) is 1. The van der Waals surface area contributed by atoms with Crippen LogP contribution in [0.3, 0.4) is 0 Å². The molecular formula is C12H16N2O2S. The average Bonchev–Trinajstić information content (AvgIpc) is 2.96. The van der Waals surface area contributed by atoms with Gasteiger partial charge in [-0.2, -0.15) is 0 Å². The molecule has 1 aromatic heterocycles. The Bertz CT molecular complexity index is 430. The largest absolute Gasteiger partial charge is 0.359 e. The van der Waals surface area contributed by atoms with Crippen LogP contribution in [0.5, 0.6) is 0 Å². The van der Waals surface area contributed by atoms with E-state index < -0.39 is 5.41 Å². The molecule has 1 atom stereocenters. The first-order valence-corrected chi connectivity index (χ1v) is 6.50. The molecule has 5 heteroatoms. The first kappa shape index (κ1) is 12.1. The zero-order valence-electron chi connectivity index (χ0n) is 10.0. The first-order valence-electron chi connectivity index (χ1n) is 5.62. The van der Waals surface area contributed by atoms with Crippen LogP contribution in [0, 0.1) is 5.41 Å². The maximum atomic E-state index is 12.1. The average molecular weight is 252 g/mol. The number of thiophene rings is 1. The molecule has 0 spiro atoms. The van der Waals surface area contributed by atoms with Crippen LogP contribution in [0.2, 0.25) is 0 Å². The Labute approximate surface area is 105 Å². The first-order chi connectivity index (χ1) is 8.07. The zero-order chi connectivity index (χ0) is 12.5. The molecule has 0 radical (unpaired) electrons. The lowest BCUT2D eigenvalue weighted by Gasteiger charge is -2.22.